The van der Waals surface area contributed by atoms with E-state index in [0.717, 1.165) is 15.6 Å². The molecule has 1 amide bonds. The Kier molecular flexibility index (Phi) is 4.22. The first-order chi connectivity index (χ1) is 11.7. The Morgan fingerprint density at radius 2 is 2.25 bits per heavy atom. The highest BCUT2D eigenvalue weighted by Gasteiger charge is 2.31. The van der Waals surface area contributed by atoms with Crippen molar-refractivity contribution in [2.45, 2.75) is 6.04 Å². The molecule has 4 rings (SSSR count). The molecule has 0 aromatic carbocycles. The summed E-state index contributed by atoms with van der Waals surface area (Å²) in [7, 11) is 1.99. The van der Waals surface area contributed by atoms with E-state index in [1.54, 1.807) is 11.3 Å². The monoisotopic (exact) mass is 359 g/mol. The normalized spacial score (nSPS) is 18.0. The molecule has 1 aliphatic heterocycles. The number of thiophene rings is 1. The number of thiazole rings is 1. The number of hydrogen-bond donors (Lipinski definition) is 0. The van der Waals surface area contributed by atoms with Crippen molar-refractivity contribution < 1.29 is 9.53 Å². The van der Waals surface area contributed by atoms with Crippen LogP contribution in [0.1, 0.15) is 22.2 Å². The predicted molar refractivity (Wildman–Crippen MR) is 95.4 cm³/mol. The van der Waals surface area contributed by atoms with E-state index in [4.69, 9.17) is 4.74 Å². The number of hydrogen-bond acceptors (Lipinski definition) is 5. The van der Waals surface area contributed by atoms with Gasteiger partial charge in [0.2, 0.25) is 0 Å². The van der Waals surface area contributed by atoms with Gasteiger partial charge in [0, 0.05) is 30.9 Å². The molecule has 5 nitrogen and oxygen atoms in total. The number of amides is 1. The number of aryl methyl sites for hydroxylation is 1. The Labute approximate surface area is 148 Å². The third-order valence-electron chi connectivity index (χ3n) is 4.17. The number of aromatic nitrogens is 2. The third kappa shape index (κ3) is 2.79. The minimum absolute atomic E-state index is 0.0245. The minimum atomic E-state index is -0.0712. The van der Waals surface area contributed by atoms with Gasteiger partial charge in [0.05, 0.1) is 24.1 Å². The molecule has 1 atom stereocenters. The van der Waals surface area contributed by atoms with Crippen LogP contribution in [0.5, 0.6) is 0 Å². The van der Waals surface area contributed by atoms with Gasteiger partial charge >= 0.3 is 0 Å². The lowest BCUT2D eigenvalue weighted by atomic mass is 10.1. The van der Waals surface area contributed by atoms with Crippen LogP contribution in [-0.2, 0) is 11.8 Å². The molecule has 1 aliphatic rings. The van der Waals surface area contributed by atoms with Gasteiger partial charge in [-0.1, -0.05) is 6.07 Å². The van der Waals surface area contributed by atoms with Crippen molar-refractivity contribution in [3.05, 3.63) is 52.6 Å². The second kappa shape index (κ2) is 6.51. The molecule has 3 aromatic rings. The summed E-state index contributed by atoms with van der Waals surface area (Å²) in [6.07, 6.45) is 1.99. The van der Waals surface area contributed by atoms with Crippen LogP contribution in [-0.4, -0.2) is 40.1 Å². The second-order valence-corrected chi connectivity index (χ2v) is 7.45. The zero-order chi connectivity index (χ0) is 16.5. The van der Waals surface area contributed by atoms with E-state index in [1.807, 2.05) is 57.7 Å². The van der Waals surface area contributed by atoms with Gasteiger partial charge in [0.15, 0.2) is 0 Å². The zero-order valence-corrected chi connectivity index (χ0v) is 14.8. The summed E-state index contributed by atoms with van der Waals surface area (Å²) in [6.45, 7) is 1.67. The summed E-state index contributed by atoms with van der Waals surface area (Å²) in [5.41, 5.74) is 1.60. The fourth-order valence-electron chi connectivity index (χ4n) is 2.94. The lowest BCUT2D eigenvalue weighted by Gasteiger charge is -2.35. The molecule has 4 heterocycles. The van der Waals surface area contributed by atoms with Crippen LogP contribution in [0.15, 0.2) is 41.2 Å². The van der Waals surface area contributed by atoms with E-state index < -0.39 is 0 Å². The summed E-state index contributed by atoms with van der Waals surface area (Å²) in [5.74, 6) is -0.0245. The third-order valence-corrected chi connectivity index (χ3v) is 6.05. The summed E-state index contributed by atoms with van der Waals surface area (Å²) in [4.78, 5) is 20.5. The summed E-state index contributed by atoms with van der Waals surface area (Å²) in [5, 5.41) is 4.78. The van der Waals surface area contributed by atoms with Crippen molar-refractivity contribution in [1.29, 1.82) is 0 Å². The molecular weight excluding hydrogens is 342 g/mol. The van der Waals surface area contributed by atoms with Crippen LogP contribution in [0.2, 0.25) is 0 Å². The molecular formula is C17H17N3O2S2. The first-order valence-corrected chi connectivity index (χ1v) is 9.49. The average molecular weight is 359 g/mol. The fourth-order valence-corrected chi connectivity index (χ4v) is 4.55. The molecule has 0 aliphatic carbocycles. The van der Waals surface area contributed by atoms with Crippen LogP contribution in [0.4, 0.5) is 0 Å². The number of carbonyl (C=O) groups excluding carboxylic acids is 1. The van der Waals surface area contributed by atoms with Gasteiger partial charge < -0.3 is 14.2 Å². The lowest BCUT2D eigenvalue weighted by molar-refractivity contribution is -0.00489. The van der Waals surface area contributed by atoms with Gasteiger partial charge in [-0.2, -0.15) is 0 Å². The van der Waals surface area contributed by atoms with Crippen LogP contribution in [0.25, 0.3) is 9.88 Å². The Hall–Kier alpha value is -1.96. The second-order valence-electron chi connectivity index (χ2n) is 5.65. The van der Waals surface area contributed by atoms with Crippen molar-refractivity contribution in [3.8, 4) is 9.88 Å². The van der Waals surface area contributed by atoms with Crippen molar-refractivity contribution in [2.75, 3.05) is 19.8 Å². The van der Waals surface area contributed by atoms with Crippen molar-refractivity contribution in [3.63, 3.8) is 0 Å². The van der Waals surface area contributed by atoms with E-state index in [9.17, 15) is 4.79 Å². The molecule has 0 bridgehead atoms. The number of rotatable bonds is 3. The molecule has 1 fully saturated rings. The van der Waals surface area contributed by atoms with Crippen LogP contribution in [0.3, 0.4) is 0 Å². The van der Waals surface area contributed by atoms with Crippen molar-refractivity contribution in [1.82, 2.24) is 14.5 Å². The van der Waals surface area contributed by atoms with Crippen molar-refractivity contribution in [2.24, 2.45) is 7.05 Å². The largest absolute Gasteiger partial charge is 0.377 e. The first kappa shape index (κ1) is 15.6. The molecule has 0 radical (unpaired) electrons. The number of carbonyl (C=O) groups is 1. The predicted octanol–water partition coefficient (Wildman–Crippen LogP) is 3.42. The highest BCUT2D eigenvalue weighted by Crippen LogP contribution is 2.30. The van der Waals surface area contributed by atoms with E-state index in [-0.39, 0.29) is 11.9 Å². The molecule has 7 heteroatoms. The molecule has 3 aromatic heterocycles. The fraction of sp³-hybridized carbons (Fsp3) is 0.294. The maximum absolute atomic E-state index is 13.0. The van der Waals surface area contributed by atoms with Gasteiger partial charge in [-0.25, -0.2) is 4.98 Å². The highest BCUT2D eigenvalue weighted by molar-refractivity contribution is 7.20. The topological polar surface area (TPSA) is 47.4 Å². The number of ether oxygens (including phenoxy) is 1. The van der Waals surface area contributed by atoms with Gasteiger partial charge in [0.1, 0.15) is 10.7 Å². The van der Waals surface area contributed by atoms with Crippen LogP contribution < -0.4 is 0 Å². The summed E-state index contributed by atoms with van der Waals surface area (Å²) < 4.78 is 7.66. The van der Waals surface area contributed by atoms with E-state index >= 15 is 0 Å². The summed E-state index contributed by atoms with van der Waals surface area (Å²) >= 11 is 3.15. The van der Waals surface area contributed by atoms with E-state index in [2.05, 4.69) is 4.98 Å². The summed E-state index contributed by atoms with van der Waals surface area (Å²) in [6, 6.07) is 7.98. The van der Waals surface area contributed by atoms with Gasteiger partial charge in [-0.05, 0) is 23.6 Å². The molecule has 0 saturated carbocycles. The maximum atomic E-state index is 13.0. The Morgan fingerprint density at radius 1 is 1.33 bits per heavy atom. The highest BCUT2D eigenvalue weighted by atomic mass is 32.1. The van der Waals surface area contributed by atoms with Gasteiger partial charge in [-0.15, -0.1) is 22.7 Å². The van der Waals surface area contributed by atoms with E-state index in [1.165, 1.54) is 11.3 Å². The van der Waals surface area contributed by atoms with E-state index in [0.29, 0.717) is 25.5 Å². The number of nitrogens with zero attached hydrogens (tertiary/aromatic N) is 3. The molecule has 1 unspecified atom stereocenters. The Bertz CT molecular complexity index is 838. The molecule has 1 saturated heterocycles. The number of morpholine rings is 1. The average Bonchev–Trinajstić information content (AvgIpc) is 3.35. The smallest absolute Gasteiger partial charge is 0.274 e. The molecule has 0 spiro atoms. The van der Waals surface area contributed by atoms with Crippen molar-refractivity contribution >= 4 is 28.6 Å². The first-order valence-electron chi connectivity index (χ1n) is 7.73. The van der Waals surface area contributed by atoms with Gasteiger partial charge in [-0.3, -0.25) is 4.79 Å². The lowest BCUT2D eigenvalue weighted by Crippen LogP contribution is -2.44. The maximum Gasteiger partial charge on any atom is 0.274 e. The molecule has 24 heavy (non-hydrogen) atoms. The Balaban J connectivity index is 1.61. The van der Waals surface area contributed by atoms with Crippen LogP contribution >= 0.6 is 22.7 Å². The zero-order valence-electron chi connectivity index (χ0n) is 13.2. The SMILES string of the molecule is Cn1cccc1C1COCCN1C(=O)c1csc(-c2cccs2)n1. The minimum Gasteiger partial charge on any atom is -0.377 e. The molecule has 0 N–H and O–H groups in total. The van der Waals surface area contributed by atoms with Gasteiger partial charge in [0.25, 0.3) is 5.91 Å². The quantitative estimate of drug-likeness (QED) is 0.720. The molecule has 124 valence electrons. The standard InChI is InChI=1S/C17H17N3O2S2/c1-19-6-2-4-13(19)14-10-22-8-7-20(14)17(21)12-11-24-16(18-12)15-5-3-9-23-15/h2-6,9,11,14H,7-8,10H2,1H3. The van der Waals surface area contributed by atoms with Crippen LogP contribution in [0, 0.1) is 0 Å². The Morgan fingerprint density at radius 3 is 3.00 bits per heavy atom.